The molecular weight excluding hydrogens is 244 g/mol. The average Bonchev–Trinajstić information content (AvgIpc) is 2.85. The first-order valence-corrected chi connectivity index (χ1v) is 7.97. The Hall–Kier alpha value is -1.02. The maximum Gasteiger partial charge on any atom is 0.0396 e. The van der Waals surface area contributed by atoms with E-state index in [9.17, 15) is 0 Å². The standard InChI is InChI=1S/C18H30N2/c1-6-19-12-15-7-8-17(14(2)11-15)20-10-9-16(13-20)18(3,4)5/h7-8,11,16,19H,6,9-10,12-13H2,1-5H3. The van der Waals surface area contributed by atoms with E-state index in [0.717, 1.165) is 19.0 Å². The molecule has 2 heteroatoms. The van der Waals surface area contributed by atoms with Crippen LogP contribution < -0.4 is 10.2 Å². The Kier molecular flexibility index (Phi) is 4.74. The lowest BCUT2D eigenvalue weighted by Crippen LogP contribution is -2.26. The summed E-state index contributed by atoms with van der Waals surface area (Å²) in [6, 6.07) is 6.92. The molecule has 1 atom stereocenters. The van der Waals surface area contributed by atoms with E-state index in [1.807, 2.05) is 0 Å². The van der Waals surface area contributed by atoms with Gasteiger partial charge in [0.15, 0.2) is 0 Å². The lowest BCUT2D eigenvalue weighted by atomic mass is 9.80. The Bertz CT molecular complexity index is 445. The first-order chi connectivity index (χ1) is 9.41. The Balaban J connectivity index is 2.07. The van der Waals surface area contributed by atoms with Gasteiger partial charge in [0.2, 0.25) is 0 Å². The fourth-order valence-corrected chi connectivity index (χ4v) is 3.14. The summed E-state index contributed by atoms with van der Waals surface area (Å²) in [6.45, 7) is 15.9. The van der Waals surface area contributed by atoms with Crippen molar-refractivity contribution in [1.29, 1.82) is 0 Å². The summed E-state index contributed by atoms with van der Waals surface area (Å²) in [5.74, 6) is 0.809. The van der Waals surface area contributed by atoms with Crippen molar-refractivity contribution >= 4 is 5.69 Å². The zero-order valence-corrected chi connectivity index (χ0v) is 13.8. The molecule has 1 N–H and O–H groups in total. The van der Waals surface area contributed by atoms with Gasteiger partial charge in [0.05, 0.1) is 0 Å². The van der Waals surface area contributed by atoms with E-state index in [2.05, 4.69) is 63.0 Å². The lowest BCUT2D eigenvalue weighted by Gasteiger charge is -2.28. The molecule has 0 bridgehead atoms. The molecule has 1 aliphatic rings. The predicted octanol–water partition coefficient (Wildman–Crippen LogP) is 3.98. The highest BCUT2D eigenvalue weighted by Crippen LogP contribution is 2.36. The van der Waals surface area contributed by atoms with Crippen molar-refractivity contribution in [3.63, 3.8) is 0 Å². The first kappa shape index (κ1) is 15.4. The van der Waals surface area contributed by atoms with Crippen molar-refractivity contribution in [2.75, 3.05) is 24.5 Å². The van der Waals surface area contributed by atoms with Crippen molar-refractivity contribution in [3.05, 3.63) is 29.3 Å². The van der Waals surface area contributed by atoms with E-state index in [4.69, 9.17) is 0 Å². The molecule has 0 aromatic heterocycles. The number of anilines is 1. The van der Waals surface area contributed by atoms with Crippen LogP contribution in [0, 0.1) is 18.3 Å². The van der Waals surface area contributed by atoms with Gasteiger partial charge in [0.25, 0.3) is 0 Å². The van der Waals surface area contributed by atoms with Crippen LogP contribution in [0.2, 0.25) is 0 Å². The fraction of sp³-hybridized carbons (Fsp3) is 0.667. The van der Waals surface area contributed by atoms with Gasteiger partial charge in [-0.3, -0.25) is 0 Å². The lowest BCUT2D eigenvalue weighted by molar-refractivity contribution is 0.263. The molecule has 2 rings (SSSR count). The number of aryl methyl sites for hydroxylation is 1. The minimum Gasteiger partial charge on any atom is -0.371 e. The zero-order valence-electron chi connectivity index (χ0n) is 13.8. The third-order valence-electron chi connectivity index (χ3n) is 4.59. The second-order valence-electron chi connectivity index (χ2n) is 7.20. The quantitative estimate of drug-likeness (QED) is 0.893. The van der Waals surface area contributed by atoms with Crippen LogP contribution in [0.3, 0.4) is 0 Å². The minimum absolute atomic E-state index is 0.424. The number of benzene rings is 1. The molecule has 1 aromatic carbocycles. The van der Waals surface area contributed by atoms with Crippen molar-refractivity contribution < 1.29 is 0 Å². The van der Waals surface area contributed by atoms with Gasteiger partial charge < -0.3 is 10.2 Å². The smallest absolute Gasteiger partial charge is 0.0396 e. The zero-order chi connectivity index (χ0) is 14.8. The largest absolute Gasteiger partial charge is 0.371 e. The van der Waals surface area contributed by atoms with E-state index in [-0.39, 0.29) is 0 Å². The molecule has 2 nitrogen and oxygen atoms in total. The van der Waals surface area contributed by atoms with E-state index in [0.29, 0.717) is 5.41 Å². The predicted molar refractivity (Wildman–Crippen MR) is 88.3 cm³/mol. The number of nitrogens with one attached hydrogen (secondary N) is 1. The summed E-state index contributed by atoms with van der Waals surface area (Å²) in [6.07, 6.45) is 1.32. The Morgan fingerprint density at radius 2 is 2.05 bits per heavy atom. The van der Waals surface area contributed by atoms with Gasteiger partial charge in [-0.25, -0.2) is 0 Å². The topological polar surface area (TPSA) is 15.3 Å². The third kappa shape index (κ3) is 3.54. The number of hydrogen-bond acceptors (Lipinski definition) is 2. The molecule has 1 heterocycles. The molecule has 20 heavy (non-hydrogen) atoms. The van der Waals surface area contributed by atoms with E-state index < -0.39 is 0 Å². The highest BCUT2D eigenvalue weighted by atomic mass is 15.2. The van der Waals surface area contributed by atoms with Crippen LogP contribution >= 0.6 is 0 Å². The molecule has 0 saturated carbocycles. The first-order valence-electron chi connectivity index (χ1n) is 7.97. The van der Waals surface area contributed by atoms with Crippen LogP contribution in [-0.2, 0) is 6.54 Å². The summed E-state index contributed by atoms with van der Waals surface area (Å²) < 4.78 is 0. The Labute approximate surface area is 124 Å². The van der Waals surface area contributed by atoms with Crippen LogP contribution in [0.5, 0.6) is 0 Å². The molecule has 0 radical (unpaired) electrons. The number of nitrogens with zero attached hydrogens (tertiary/aromatic N) is 1. The van der Waals surface area contributed by atoms with Gasteiger partial charge in [-0.15, -0.1) is 0 Å². The summed E-state index contributed by atoms with van der Waals surface area (Å²) in [5, 5.41) is 3.39. The molecular formula is C18H30N2. The molecule has 1 fully saturated rings. The van der Waals surface area contributed by atoms with Gasteiger partial charge in [-0.2, -0.15) is 0 Å². The Morgan fingerprint density at radius 3 is 2.60 bits per heavy atom. The molecule has 1 unspecified atom stereocenters. The minimum atomic E-state index is 0.424. The van der Waals surface area contributed by atoms with Crippen molar-refractivity contribution in [1.82, 2.24) is 5.32 Å². The molecule has 1 saturated heterocycles. The molecule has 112 valence electrons. The fourth-order valence-electron chi connectivity index (χ4n) is 3.14. The molecule has 1 aromatic rings. The van der Waals surface area contributed by atoms with Gasteiger partial charge in [-0.05, 0) is 48.4 Å². The summed E-state index contributed by atoms with van der Waals surface area (Å²) in [4.78, 5) is 2.57. The van der Waals surface area contributed by atoms with Crippen molar-refractivity contribution in [2.24, 2.45) is 11.3 Å². The highest BCUT2D eigenvalue weighted by molar-refractivity contribution is 5.55. The van der Waals surface area contributed by atoms with Crippen LogP contribution in [0.4, 0.5) is 5.69 Å². The summed E-state index contributed by atoms with van der Waals surface area (Å²) in [5.41, 5.74) is 4.65. The number of rotatable bonds is 4. The summed E-state index contributed by atoms with van der Waals surface area (Å²) in [7, 11) is 0. The average molecular weight is 274 g/mol. The summed E-state index contributed by atoms with van der Waals surface area (Å²) >= 11 is 0. The van der Waals surface area contributed by atoms with Gasteiger partial charge in [0.1, 0.15) is 0 Å². The highest BCUT2D eigenvalue weighted by Gasteiger charge is 2.32. The van der Waals surface area contributed by atoms with Crippen molar-refractivity contribution in [3.8, 4) is 0 Å². The third-order valence-corrected chi connectivity index (χ3v) is 4.59. The molecule has 0 amide bonds. The number of hydrogen-bond donors (Lipinski definition) is 1. The second kappa shape index (κ2) is 6.17. The SMILES string of the molecule is CCNCc1ccc(N2CCC(C(C)(C)C)C2)c(C)c1. The molecule has 0 aliphatic carbocycles. The van der Waals surface area contributed by atoms with Crippen LogP contribution in [-0.4, -0.2) is 19.6 Å². The van der Waals surface area contributed by atoms with Gasteiger partial charge in [0, 0.05) is 25.3 Å². The maximum atomic E-state index is 3.39. The normalized spacial score (nSPS) is 19.6. The van der Waals surface area contributed by atoms with Crippen LogP contribution in [0.25, 0.3) is 0 Å². The van der Waals surface area contributed by atoms with Crippen LogP contribution in [0.1, 0.15) is 45.2 Å². The van der Waals surface area contributed by atoms with E-state index >= 15 is 0 Å². The monoisotopic (exact) mass is 274 g/mol. The van der Waals surface area contributed by atoms with Crippen LogP contribution in [0.15, 0.2) is 18.2 Å². The Morgan fingerprint density at radius 1 is 1.30 bits per heavy atom. The van der Waals surface area contributed by atoms with Gasteiger partial charge in [-0.1, -0.05) is 39.8 Å². The second-order valence-corrected chi connectivity index (χ2v) is 7.20. The molecule has 1 aliphatic heterocycles. The van der Waals surface area contributed by atoms with Gasteiger partial charge >= 0.3 is 0 Å². The maximum absolute atomic E-state index is 3.39. The van der Waals surface area contributed by atoms with E-state index in [1.54, 1.807) is 0 Å². The molecule has 0 spiro atoms. The van der Waals surface area contributed by atoms with E-state index in [1.165, 1.54) is 36.3 Å². The van der Waals surface area contributed by atoms with Crippen molar-refractivity contribution in [2.45, 2.75) is 47.6 Å².